The third kappa shape index (κ3) is 2.45. The molecule has 1 aromatic carbocycles. The SMILES string of the molecule is CC(C)Oc1ccc(-c2ccc3cncn3c2)cc1. The molecule has 0 amide bonds. The molecule has 0 unspecified atom stereocenters. The summed E-state index contributed by atoms with van der Waals surface area (Å²) in [4.78, 5) is 4.13. The fourth-order valence-electron chi connectivity index (χ4n) is 2.09. The zero-order valence-electron chi connectivity index (χ0n) is 11.1. The van der Waals surface area contributed by atoms with Gasteiger partial charge < -0.3 is 9.14 Å². The van der Waals surface area contributed by atoms with E-state index in [0.29, 0.717) is 0 Å². The van der Waals surface area contributed by atoms with Gasteiger partial charge in [0.25, 0.3) is 0 Å². The van der Waals surface area contributed by atoms with E-state index < -0.39 is 0 Å². The molecule has 96 valence electrons. The summed E-state index contributed by atoms with van der Waals surface area (Å²) >= 11 is 0. The van der Waals surface area contributed by atoms with E-state index in [4.69, 9.17) is 4.74 Å². The summed E-state index contributed by atoms with van der Waals surface area (Å²) in [5.74, 6) is 0.905. The molecule has 0 aliphatic carbocycles. The van der Waals surface area contributed by atoms with Crippen LogP contribution in [0.2, 0.25) is 0 Å². The van der Waals surface area contributed by atoms with E-state index in [2.05, 4.69) is 35.4 Å². The summed E-state index contributed by atoms with van der Waals surface area (Å²) < 4.78 is 7.67. The molecule has 0 bridgehead atoms. The molecule has 3 rings (SSSR count). The second-order valence-electron chi connectivity index (χ2n) is 4.83. The Morgan fingerprint density at radius 3 is 2.47 bits per heavy atom. The van der Waals surface area contributed by atoms with Crippen LogP contribution in [0.15, 0.2) is 55.1 Å². The highest BCUT2D eigenvalue weighted by Crippen LogP contribution is 2.23. The minimum Gasteiger partial charge on any atom is -0.491 e. The second-order valence-corrected chi connectivity index (χ2v) is 4.83. The predicted octanol–water partition coefficient (Wildman–Crippen LogP) is 3.79. The van der Waals surface area contributed by atoms with E-state index in [-0.39, 0.29) is 6.10 Å². The maximum Gasteiger partial charge on any atom is 0.119 e. The molecule has 2 aromatic heterocycles. The van der Waals surface area contributed by atoms with Crippen LogP contribution in [-0.2, 0) is 0 Å². The Balaban J connectivity index is 1.92. The first kappa shape index (κ1) is 11.8. The van der Waals surface area contributed by atoms with Crippen molar-refractivity contribution in [3.05, 3.63) is 55.1 Å². The van der Waals surface area contributed by atoms with Gasteiger partial charge in [-0.2, -0.15) is 0 Å². The Bertz CT molecular complexity index is 683. The summed E-state index contributed by atoms with van der Waals surface area (Å²) in [5, 5.41) is 0. The van der Waals surface area contributed by atoms with Crippen LogP contribution in [0, 0.1) is 0 Å². The maximum atomic E-state index is 5.65. The number of ether oxygens (including phenoxy) is 1. The monoisotopic (exact) mass is 252 g/mol. The number of aromatic nitrogens is 2. The van der Waals surface area contributed by atoms with Crippen molar-refractivity contribution >= 4 is 5.52 Å². The standard InChI is InChI=1S/C16H16N2O/c1-12(2)19-16-7-4-13(5-8-16)14-3-6-15-9-17-11-18(15)10-14/h3-12H,1-2H3. The fraction of sp³-hybridized carbons (Fsp3) is 0.188. The van der Waals surface area contributed by atoms with Gasteiger partial charge in [0.1, 0.15) is 5.75 Å². The van der Waals surface area contributed by atoms with Gasteiger partial charge in [-0.3, -0.25) is 0 Å². The number of pyridine rings is 1. The van der Waals surface area contributed by atoms with Crippen LogP contribution in [0.25, 0.3) is 16.6 Å². The molecule has 0 aliphatic rings. The number of imidazole rings is 1. The van der Waals surface area contributed by atoms with Gasteiger partial charge >= 0.3 is 0 Å². The average molecular weight is 252 g/mol. The minimum atomic E-state index is 0.202. The molecule has 0 radical (unpaired) electrons. The smallest absolute Gasteiger partial charge is 0.119 e. The minimum absolute atomic E-state index is 0.202. The predicted molar refractivity (Wildman–Crippen MR) is 76.4 cm³/mol. The number of rotatable bonds is 3. The lowest BCUT2D eigenvalue weighted by atomic mass is 10.1. The van der Waals surface area contributed by atoms with Crippen LogP contribution >= 0.6 is 0 Å². The molecule has 0 N–H and O–H groups in total. The molecular weight excluding hydrogens is 236 g/mol. The molecule has 0 saturated heterocycles. The van der Waals surface area contributed by atoms with Crippen LogP contribution in [0.3, 0.4) is 0 Å². The molecule has 2 heterocycles. The third-order valence-electron chi connectivity index (χ3n) is 2.97. The number of nitrogens with zero attached hydrogens (tertiary/aromatic N) is 2. The molecule has 0 saturated carbocycles. The Morgan fingerprint density at radius 2 is 1.74 bits per heavy atom. The van der Waals surface area contributed by atoms with Crippen molar-refractivity contribution in [1.82, 2.24) is 9.38 Å². The lowest BCUT2D eigenvalue weighted by Crippen LogP contribution is -2.05. The van der Waals surface area contributed by atoms with Gasteiger partial charge in [-0.25, -0.2) is 4.98 Å². The largest absolute Gasteiger partial charge is 0.491 e. The summed E-state index contributed by atoms with van der Waals surface area (Å²) in [6.07, 6.45) is 5.95. The van der Waals surface area contributed by atoms with Gasteiger partial charge in [-0.1, -0.05) is 18.2 Å². The van der Waals surface area contributed by atoms with Crippen molar-refractivity contribution < 1.29 is 4.74 Å². The first-order chi connectivity index (χ1) is 9.22. The third-order valence-corrected chi connectivity index (χ3v) is 2.97. The average Bonchev–Trinajstić information content (AvgIpc) is 2.86. The van der Waals surface area contributed by atoms with E-state index in [1.807, 2.05) is 42.9 Å². The van der Waals surface area contributed by atoms with Crippen LogP contribution in [0.5, 0.6) is 5.75 Å². The number of fused-ring (bicyclic) bond motifs is 1. The van der Waals surface area contributed by atoms with Crippen LogP contribution in [-0.4, -0.2) is 15.5 Å². The Hall–Kier alpha value is -2.29. The highest BCUT2D eigenvalue weighted by Gasteiger charge is 2.02. The number of hydrogen-bond donors (Lipinski definition) is 0. The molecule has 0 spiro atoms. The zero-order valence-corrected chi connectivity index (χ0v) is 11.1. The summed E-state index contributed by atoms with van der Waals surface area (Å²) in [5.41, 5.74) is 3.44. The first-order valence-corrected chi connectivity index (χ1v) is 6.41. The molecule has 3 nitrogen and oxygen atoms in total. The normalized spacial score (nSPS) is 11.1. The van der Waals surface area contributed by atoms with Crippen molar-refractivity contribution in [3.8, 4) is 16.9 Å². The molecular formula is C16H16N2O. The van der Waals surface area contributed by atoms with E-state index in [1.165, 1.54) is 11.1 Å². The van der Waals surface area contributed by atoms with E-state index in [9.17, 15) is 0 Å². The molecule has 3 aromatic rings. The molecule has 19 heavy (non-hydrogen) atoms. The van der Waals surface area contributed by atoms with Gasteiger partial charge in [0, 0.05) is 6.20 Å². The lowest BCUT2D eigenvalue weighted by molar-refractivity contribution is 0.242. The van der Waals surface area contributed by atoms with Gasteiger partial charge in [-0.15, -0.1) is 0 Å². The highest BCUT2D eigenvalue weighted by atomic mass is 16.5. The summed E-state index contributed by atoms with van der Waals surface area (Å²) in [7, 11) is 0. The van der Waals surface area contributed by atoms with Gasteiger partial charge in [0.2, 0.25) is 0 Å². The van der Waals surface area contributed by atoms with Crippen molar-refractivity contribution in [3.63, 3.8) is 0 Å². The van der Waals surface area contributed by atoms with Crippen LogP contribution < -0.4 is 4.74 Å². The Kier molecular flexibility index (Phi) is 2.95. The lowest BCUT2D eigenvalue weighted by Gasteiger charge is -2.10. The first-order valence-electron chi connectivity index (χ1n) is 6.41. The zero-order chi connectivity index (χ0) is 13.2. The van der Waals surface area contributed by atoms with E-state index in [1.54, 1.807) is 0 Å². The van der Waals surface area contributed by atoms with Gasteiger partial charge in [0.05, 0.1) is 24.1 Å². The van der Waals surface area contributed by atoms with Crippen LogP contribution in [0.1, 0.15) is 13.8 Å². The van der Waals surface area contributed by atoms with Gasteiger partial charge in [-0.05, 0) is 43.2 Å². The van der Waals surface area contributed by atoms with Crippen molar-refractivity contribution in [2.24, 2.45) is 0 Å². The topological polar surface area (TPSA) is 26.5 Å². The summed E-state index contributed by atoms with van der Waals surface area (Å²) in [6, 6.07) is 12.3. The molecule has 0 aliphatic heterocycles. The maximum absolute atomic E-state index is 5.65. The number of hydrogen-bond acceptors (Lipinski definition) is 2. The highest BCUT2D eigenvalue weighted by molar-refractivity contribution is 5.65. The Morgan fingerprint density at radius 1 is 1.00 bits per heavy atom. The quantitative estimate of drug-likeness (QED) is 0.709. The molecule has 0 atom stereocenters. The van der Waals surface area contributed by atoms with Crippen molar-refractivity contribution in [2.45, 2.75) is 20.0 Å². The molecule has 0 fully saturated rings. The molecule has 3 heteroatoms. The van der Waals surface area contributed by atoms with E-state index in [0.717, 1.165) is 11.3 Å². The van der Waals surface area contributed by atoms with Crippen molar-refractivity contribution in [1.29, 1.82) is 0 Å². The second kappa shape index (κ2) is 4.76. The van der Waals surface area contributed by atoms with Gasteiger partial charge in [0.15, 0.2) is 0 Å². The fourth-order valence-corrected chi connectivity index (χ4v) is 2.09. The number of benzene rings is 1. The van der Waals surface area contributed by atoms with E-state index >= 15 is 0 Å². The Labute approximate surface area is 112 Å². The summed E-state index contributed by atoms with van der Waals surface area (Å²) in [6.45, 7) is 4.06. The van der Waals surface area contributed by atoms with Crippen LogP contribution in [0.4, 0.5) is 0 Å². The van der Waals surface area contributed by atoms with Crippen molar-refractivity contribution in [2.75, 3.05) is 0 Å².